The van der Waals surface area contributed by atoms with Gasteiger partial charge in [0.15, 0.2) is 0 Å². The first-order valence-corrected chi connectivity index (χ1v) is 6.86. The Morgan fingerprint density at radius 1 is 1.24 bits per heavy atom. The highest BCUT2D eigenvalue weighted by Crippen LogP contribution is 2.56. The number of Topliss-reactive ketones (excluding diaryl/α,β-unsaturated/α-hetero) is 1. The van der Waals surface area contributed by atoms with Crippen molar-refractivity contribution in [2.45, 2.75) is 45.4 Å². The zero-order valence-electron chi connectivity index (χ0n) is 10.4. The highest BCUT2D eigenvalue weighted by atomic mass is 16.5. The number of hydrogen-bond acceptors (Lipinski definition) is 3. The number of fused-ring (bicyclic) bond motifs is 2. The molecule has 1 saturated heterocycles. The largest absolute Gasteiger partial charge is 0.465 e. The lowest BCUT2D eigenvalue weighted by Gasteiger charge is -2.48. The summed E-state index contributed by atoms with van der Waals surface area (Å²) in [6.45, 7) is 2.62. The van der Waals surface area contributed by atoms with Crippen LogP contribution >= 0.6 is 0 Å². The first-order valence-electron chi connectivity index (χ1n) is 6.86. The normalized spacial score (nSPS) is 45.8. The molecular formula is C14H20O3. The summed E-state index contributed by atoms with van der Waals surface area (Å²) < 4.78 is 5.25. The molecule has 0 radical (unpaired) electrons. The molecule has 0 aromatic carbocycles. The molecule has 3 nitrogen and oxygen atoms in total. The van der Waals surface area contributed by atoms with Crippen molar-refractivity contribution < 1.29 is 14.3 Å². The number of rotatable bonds is 0. The Morgan fingerprint density at radius 3 is 2.71 bits per heavy atom. The van der Waals surface area contributed by atoms with Crippen LogP contribution in [-0.2, 0) is 14.3 Å². The molecule has 17 heavy (non-hydrogen) atoms. The molecule has 0 aromatic heterocycles. The Hall–Kier alpha value is -0.860. The lowest BCUT2D eigenvalue weighted by atomic mass is 9.52. The summed E-state index contributed by atoms with van der Waals surface area (Å²) in [4.78, 5) is 24.3. The van der Waals surface area contributed by atoms with E-state index in [1.165, 1.54) is 0 Å². The molecule has 3 rings (SSSR count). The van der Waals surface area contributed by atoms with Gasteiger partial charge in [0.05, 0.1) is 12.0 Å². The molecule has 0 aromatic rings. The van der Waals surface area contributed by atoms with E-state index < -0.39 is 0 Å². The van der Waals surface area contributed by atoms with Crippen LogP contribution in [-0.4, -0.2) is 18.4 Å². The second-order valence-electron chi connectivity index (χ2n) is 6.00. The van der Waals surface area contributed by atoms with E-state index in [2.05, 4.69) is 6.92 Å². The quantitative estimate of drug-likeness (QED) is 0.606. The fourth-order valence-corrected chi connectivity index (χ4v) is 4.47. The van der Waals surface area contributed by atoms with Crippen LogP contribution in [0.15, 0.2) is 0 Å². The third-order valence-corrected chi connectivity index (χ3v) is 5.36. The van der Waals surface area contributed by atoms with Gasteiger partial charge in [-0.1, -0.05) is 19.8 Å². The summed E-state index contributed by atoms with van der Waals surface area (Å²) in [6, 6.07) is 0. The SMILES string of the molecule is CC1CC(=O)C2CCCCC2C12CCOC2=O. The molecule has 0 amide bonds. The number of carbonyl (C=O) groups is 2. The van der Waals surface area contributed by atoms with Gasteiger partial charge >= 0.3 is 5.97 Å². The second-order valence-corrected chi connectivity index (χ2v) is 6.00. The summed E-state index contributed by atoms with van der Waals surface area (Å²) in [7, 11) is 0. The maximum atomic E-state index is 12.2. The Labute approximate surface area is 102 Å². The van der Waals surface area contributed by atoms with Crippen LogP contribution in [0, 0.1) is 23.2 Å². The van der Waals surface area contributed by atoms with Crippen LogP contribution in [0.25, 0.3) is 0 Å². The van der Waals surface area contributed by atoms with Crippen LogP contribution in [0.2, 0.25) is 0 Å². The van der Waals surface area contributed by atoms with Crippen LogP contribution in [0.4, 0.5) is 0 Å². The minimum atomic E-state index is -0.320. The van der Waals surface area contributed by atoms with E-state index in [1.807, 2.05) is 0 Å². The van der Waals surface area contributed by atoms with E-state index >= 15 is 0 Å². The van der Waals surface area contributed by atoms with Gasteiger partial charge in [-0.2, -0.15) is 0 Å². The van der Waals surface area contributed by atoms with Gasteiger partial charge in [0.2, 0.25) is 0 Å². The molecule has 1 aliphatic heterocycles. The van der Waals surface area contributed by atoms with Crippen LogP contribution in [0.5, 0.6) is 0 Å². The van der Waals surface area contributed by atoms with Gasteiger partial charge in [0, 0.05) is 12.3 Å². The lowest BCUT2D eigenvalue weighted by molar-refractivity contribution is -0.161. The molecule has 3 fully saturated rings. The van der Waals surface area contributed by atoms with E-state index in [-0.39, 0.29) is 29.1 Å². The molecule has 0 N–H and O–H groups in total. The summed E-state index contributed by atoms with van der Waals surface area (Å²) in [5, 5.41) is 0. The molecule has 2 saturated carbocycles. The smallest absolute Gasteiger partial charge is 0.312 e. The highest BCUT2D eigenvalue weighted by molar-refractivity contribution is 5.88. The highest BCUT2D eigenvalue weighted by Gasteiger charge is 2.60. The minimum Gasteiger partial charge on any atom is -0.465 e. The monoisotopic (exact) mass is 236 g/mol. The molecule has 2 aliphatic carbocycles. The third kappa shape index (κ3) is 1.40. The predicted molar refractivity (Wildman–Crippen MR) is 62.2 cm³/mol. The van der Waals surface area contributed by atoms with Crippen molar-refractivity contribution in [1.82, 2.24) is 0 Å². The minimum absolute atomic E-state index is 0.0191. The van der Waals surface area contributed by atoms with Gasteiger partial charge in [-0.15, -0.1) is 0 Å². The summed E-state index contributed by atoms with van der Waals surface area (Å²) in [5.41, 5.74) is -0.320. The number of cyclic esters (lactones) is 1. The number of ketones is 1. The summed E-state index contributed by atoms with van der Waals surface area (Å²) in [6.07, 6.45) is 5.75. The lowest BCUT2D eigenvalue weighted by Crippen LogP contribution is -2.52. The molecule has 1 spiro atoms. The van der Waals surface area contributed by atoms with Crippen molar-refractivity contribution >= 4 is 11.8 Å². The fourth-order valence-electron chi connectivity index (χ4n) is 4.47. The first-order chi connectivity index (χ1) is 8.16. The van der Waals surface area contributed by atoms with Crippen LogP contribution in [0.3, 0.4) is 0 Å². The Balaban J connectivity index is 2.00. The molecule has 4 atom stereocenters. The second kappa shape index (κ2) is 3.82. The Morgan fingerprint density at radius 2 is 2.00 bits per heavy atom. The number of hydrogen-bond donors (Lipinski definition) is 0. The average Bonchev–Trinajstić information content (AvgIpc) is 2.70. The van der Waals surface area contributed by atoms with E-state index in [0.29, 0.717) is 18.8 Å². The van der Waals surface area contributed by atoms with Crippen molar-refractivity contribution in [2.24, 2.45) is 23.2 Å². The van der Waals surface area contributed by atoms with Gasteiger partial charge in [0.1, 0.15) is 5.78 Å². The summed E-state index contributed by atoms with van der Waals surface area (Å²) in [5.74, 6) is 0.958. The average molecular weight is 236 g/mol. The Kier molecular flexibility index (Phi) is 2.53. The topological polar surface area (TPSA) is 43.4 Å². The molecule has 3 aliphatic rings. The van der Waals surface area contributed by atoms with E-state index in [9.17, 15) is 9.59 Å². The maximum Gasteiger partial charge on any atom is 0.312 e. The molecule has 4 unspecified atom stereocenters. The Bertz CT molecular complexity index is 362. The summed E-state index contributed by atoms with van der Waals surface area (Å²) >= 11 is 0. The molecule has 3 heteroatoms. The number of ether oxygens (including phenoxy) is 1. The van der Waals surface area contributed by atoms with E-state index in [0.717, 1.165) is 32.1 Å². The third-order valence-electron chi connectivity index (χ3n) is 5.36. The van der Waals surface area contributed by atoms with Crippen molar-refractivity contribution in [3.63, 3.8) is 0 Å². The zero-order valence-corrected chi connectivity index (χ0v) is 10.4. The number of carbonyl (C=O) groups excluding carboxylic acids is 2. The van der Waals surface area contributed by atoms with Gasteiger partial charge in [-0.05, 0) is 31.1 Å². The molecule has 0 bridgehead atoms. The van der Waals surface area contributed by atoms with Gasteiger partial charge in [-0.25, -0.2) is 0 Å². The van der Waals surface area contributed by atoms with Crippen LogP contribution < -0.4 is 0 Å². The van der Waals surface area contributed by atoms with Crippen LogP contribution in [0.1, 0.15) is 45.4 Å². The molecule has 94 valence electrons. The van der Waals surface area contributed by atoms with Crippen molar-refractivity contribution in [2.75, 3.05) is 6.61 Å². The van der Waals surface area contributed by atoms with Gasteiger partial charge in [0.25, 0.3) is 0 Å². The van der Waals surface area contributed by atoms with Crippen molar-refractivity contribution in [1.29, 1.82) is 0 Å². The van der Waals surface area contributed by atoms with E-state index in [4.69, 9.17) is 4.74 Å². The van der Waals surface area contributed by atoms with Gasteiger partial charge in [-0.3, -0.25) is 9.59 Å². The fraction of sp³-hybridized carbons (Fsp3) is 0.857. The standard InChI is InChI=1S/C14H20O3/c1-9-8-12(15)10-4-2-3-5-11(10)14(9)6-7-17-13(14)16/h9-11H,2-8H2,1H3. The van der Waals surface area contributed by atoms with Crippen molar-refractivity contribution in [3.8, 4) is 0 Å². The molecular weight excluding hydrogens is 216 g/mol. The maximum absolute atomic E-state index is 12.2. The van der Waals surface area contributed by atoms with E-state index in [1.54, 1.807) is 0 Å². The molecule has 1 heterocycles. The number of esters is 1. The zero-order chi connectivity index (χ0) is 12.0. The van der Waals surface area contributed by atoms with Crippen molar-refractivity contribution in [3.05, 3.63) is 0 Å². The van der Waals surface area contributed by atoms with Gasteiger partial charge < -0.3 is 4.74 Å². The predicted octanol–water partition coefficient (Wildman–Crippen LogP) is 2.33. The first kappa shape index (κ1) is 11.2.